The molecule has 32 heavy (non-hydrogen) atoms. The number of rotatable bonds is 3. The highest BCUT2D eigenvalue weighted by Crippen LogP contribution is 2.38. The molecule has 4 nitrogen and oxygen atoms in total. The van der Waals surface area contributed by atoms with Crippen LogP contribution < -0.4 is 5.46 Å². The molecule has 0 aliphatic heterocycles. The average Bonchev–Trinajstić information content (AvgIpc) is 3.26. The van der Waals surface area contributed by atoms with Gasteiger partial charge in [-0.1, -0.05) is 91.0 Å². The topological polar surface area (TPSA) is 58.3 Å². The van der Waals surface area contributed by atoms with E-state index in [2.05, 4.69) is 65.2 Å². The van der Waals surface area contributed by atoms with E-state index in [1.54, 1.807) is 12.1 Å². The number of hydrogen-bond donors (Lipinski definition) is 2. The zero-order valence-electron chi connectivity index (χ0n) is 17.2. The largest absolute Gasteiger partial charge is 0.488 e. The lowest BCUT2D eigenvalue weighted by molar-refractivity contribution is 0.426. The van der Waals surface area contributed by atoms with Gasteiger partial charge < -0.3 is 10.0 Å². The first-order chi connectivity index (χ1) is 15.7. The van der Waals surface area contributed by atoms with Gasteiger partial charge in [0.05, 0.1) is 11.0 Å². The van der Waals surface area contributed by atoms with Crippen molar-refractivity contribution in [3.8, 4) is 17.1 Å². The molecule has 0 amide bonds. The first-order valence-electron chi connectivity index (χ1n) is 10.6. The van der Waals surface area contributed by atoms with Crippen molar-refractivity contribution in [1.29, 1.82) is 0 Å². The zero-order valence-corrected chi connectivity index (χ0v) is 17.2. The van der Waals surface area contributed by atoms with Crippen LogP contribution >= 0.6 is 0 Å². The minimum Gasteiger partial charge on any atom is -0.423 e. The molecule has 0 spiro atoms. The molecule has 1 aromatic heterocycles. The third-order valence-electron chi connectivity index (χ3n) is 6.01. The SMILES string of the molecule is OB(O)c1ccc(-c2nc3c4ccccc4c4ccccc4c3n2-c2ccccc2)cc1. The quantitative estimate of drug-likeness (QED) is 0.327. The minimum atomic E-state index is -1.50. The van der Waals surface area contributed by atoms with E-state index in [1.807, 2.05) is 30.3 Å². The highest BCUT2D eigenvalue weighted by Gasteiger charge is 2.20. The van der Waals surface area contributed by atoms with Gasteiger partial charge in [0.1, 0.15) is 5.82 Å². The van der Waals surface area contributed by atoms with Gasteiger partial charge in [-0.05, 0) is 28.4 Å². The Morgan fingerprint density at radius 1 is 0.594 bits per heavy atom. The predicted molar refractivity (Wildman–Crippen MR) is 131 cm³/mol. The van der Waals surface area contributed by atoms with E-state index in [1.165, 1.54) is 10.8 Å². The number of aromatic nitrogens is 2. The van der Waals surface area contributed by atoms with Crippen LogP contribution in [0.3, 0.4) is 0 Å². The first kappa shape index (κ1) is 18.8. The highest BCUT2D eigenvalue weighted by molar-refractivity contribution is 6.58. The molecule has 0 unspecified atom stereocenters. The van der Waals surface area contributed by atoms with Gasteiger partial charge in [-0.3, -0.25) is 4.57 Å². The number of hydrogen-bond acceptors (Lipinski definition) is 3. The van der Waals surface area contributed by atoms with Crippen LogP contribution in [0.2, 0.25) is 0 Å². The summed E-state index contributed by atoms with van der Waals surface area (Å²) in [7, 11) is -1.50. The van der Waals surface area contributed by atoms with Crippen molar-refractivity contribution in [2.24, 2.45) is 0 Å². The van der Waals surface area contributed by atoms with Crippen LogP contribution in [0.5, 0.6) is 0 Å². The molecule has 6 rings (SSSR count). The van der Waals surface area contributed by atoms with E-state index in [0.717, 1.165) is 38.9 Å². The third kappa shape index (κ3) is 2.83. The number of imidazole rings is 1. The van der Waals surface area contributed by atoms with E-state index in [-0.39, 0.29) is 0 Å². The lowest BCUT2D eigenvalue weighted by atomic mass is 9.80. The van der Waals surface area contributed by atoms with Gasteiger partial charge in [-0.2, -0.15) is 0 Å². The monoisotopic (exact) mass is 414 g/mol. The molecule has 1 heterocycles. The van der Waals surface area contributed by atoms with Crippen molar-refractivity contribution in [1.82, 2.24) is 9.55 Å². The van der Waals surface area contributed by atoms with Crippen molar-refractivity contribution in [3.05, 3.63) is 103 Å². The van der Waals surface area contributed by atoms with Crippen LogP contribution in [0, 0.1) is 0 Å². The van der Waals surface area contributed by atoms with Gasteiger partial charge in [-0.25, -0.2) is 4.98 Å². The van der Waals surface area contributed by atoms with Gasteiger partial charge in [0.25, 0.3) is 0 Å². The van der Waals surface area contributed by atoms with Crippen LogP contribution in [-0.4, -0.2) is 26.7 Å². The van der Waals surface area contributed by atoms with Gasteiger partial charge in [0.2, 0.25) is 0 Å². The van der Waals surface area contributed by atoms with Crippen molar-refractivity contribution >= 4 is 45.2 Å². The first-order valence-corrected chi connectivity index (χ1v) is 10.6. The van der Waals surface area contributed by atoms with Crippen LogP contribution in [0.4, 0.5) is 0 Å². The molecule has 5 heteroatoms. The third-order valence-corrected chi connectivity index (χ3v) is 6.01. The number of para-hydroxylation sites is 1. The van der Waals surface area contributed by atoms with Gasteiger partial charge in [0, 0.05) is 22.0 Å². The number of nitrogens with zero attached hydrogens (tertiary/aromatic N) is 2. The van der Waals surface area contributed by atoms with Gasteiger partial charge in [0.15, 0.2) is 0 Å². The molecule has 6 aromatic rings. The minimum absolute atomic E-state index is 0.451. The van der Waals surface area contributed by atoms with E-state index in [4.69, 9.17) is 4.98 Å². The fraction of sp³-hybridized carbons (Fsp3) is 0. The molecule has 0 aliphatic carbocycles. The lowest BCUT2D eigenvalue weighted by Gasteiger charge is -2.12. The summed E-state index contributed by atoms with van der Waals surface area (Å²) in [6, 6.07) is 34.3. The highest BCUT2D eigenvalue weighted by atomic mass is 16.4. The molecule has 0 saturated carbocycles. The lowest BCUT2D eigenvalue weighted by Crippen LogP contribution is -2.29. The zero-order chi connectivity index (χ0) is 21.7. The second-order valence-corrected chi connectivity index (χ2v) is 7.89. The van der Waals surface area contributed by atoms with Gasteiger partial charge >= 0.3 is 7.12 Å². The summed E-state index contributed by atoms with van der Waals surface area (Å²) in [4.78, 5) is 5.15. The molecular weight excluding hydrogens is 395 g/mol. The maximum absolute atomic E-state index is 9.50. The van der Waals surface area contributed by atoms with Gasteiger partial charge in [-0.15, -0.1) is 0 Å². The molecule has 0 radical (unpaired) electrons. The average molecular weight is 414 g/mol. The second-order valence-electron chi connectivity index (χ2n) is 7.89. The second kappa shape index (κ2) is 7.34. The molecule has 0 saturated heterocycles. The van der Waals surface area contributed by atoms with Crippen molar-refractivity contribution < 1.29 is 10.0 Å². The smallest absolute Gasteiger partial charge is 0.423 e. The molecule has 0 fully saturated rings. The summed E-state index contributed by atoms with van der Waals surface area (Å²) in [5.41, 5.74) is 4.39. The van der Waals surface area contributed by atoms with Crippen LogP contribution in [0.25, 0.3) is 49.7 Å². The van der Waals surface area contributed by atoms with E-state index in [9.17, 15) is 10.0 Å². The Kier molecular flexibility index (Phi) is 4.32. The maximum atomic E-state index is 9.50. The predicted octanol–water partition coefficient (Wildman–Crippen LogP) is 4.68. The van der Waals surface area contributed by atoms with E-state index in [0.29, 0.717) is 5.46 Å². The maximum Gasteiger partial charge on any atom is 0.488 e. The fourth-order valence-electron chi connectivity index (χ4n) is 4.53. The molecular formula is C27H19BN2O2. The molecule has 2 N–H and O–H groups in total. The molecule has 0 aliphatic rings. The van der Waals surface area contributed by atoms with E-state index >= 15 is 0 Å². The molecule has 5 aromatic carbocycles. The molecule has 0 atom stereocenters. The summed E-state index contributed by atoms with van der Waals surface area (Å²) in [5, 5.41) is 23.6. The van der Waals surface area contributed by atoms with Crippen LogP contribution in [0.15, 0.2) is 103 Å². The summed E-state index contributed by atoms with van der Waals surface area (Å²) >= 11 is 0. The van der Waals surface area contributed by atoms with E-state index < -0.39 is 7.12 Å². The van der Waals surface area contributed by atoms with Crippen molar-refractivity contribution in [2.75, 3.05) is 0 Å². The fourth-order valence-corrected chi connectivity index (χ4v) is 4.53. The number of benzene rings is 5. The Morgan fingerprint density at radius 2 is 1.16 bits per heavy atom. The van der Waals surface area contributed by atoms with Crippen molar-refractivity contribution in [3.63, 3.8) is 0 Å². The van der Waals surface area contributed by atoms with Crippen LogP contribution in [-0.2, 0) is 0 Å². The summed E-state index contributed by atoms with van der Waals surface area (Å²) in [5.74, 6) is 0.812. The standard InChI is InChI=1S/C27H19BN2O2/c31-28(32)19-16-14-18(15-17-19)27-29-25-23-12-6-4-10-21(23)22-11-5-7-13-24(22)26(25)30(27)20-8-2-1-3-9-20/h1-17,31-32H. The molecule has 0 bridgehead atoms. The number of fused-ring (bicyclic) bond motifs is 6. The molecule has 152 valence electrons. The normalized spacial score (nSPS) is 11.4. The van der Waals surface area contributed by atoms with Crippen LogP contribution in [0.1, 0.15) is 0 Å². The Morgan fingerprint density at radius 3 is 1.81 bits per heavy atom. The Bertz CT molecular complexity index is 1590. The summed E-state index contributed by atoms with van der Waals surface area (Å²) in [6.45, 7) is 0. The Balaban J connectivity index is 1.79. The van der Waals surface area contributed by atoms with Crippen molar-refractivity contribution in [2.45, 2.75) is 0 Å². The summed E-state index contributed by atoms with van der Waals surface area (Å²) in [6.07, 6.45) is 0. The Labute approximate surface area is 185 Å². The summed E-state index contributed by atoms with van der Waals surface area (Å²) < 4.78 is 2.20. The Hall–Kier alpha value is -3.93.